The van der Waals surface area contributed by atoms with Crippen LogP contribution >= 0.6 is 11.3 Å². The topological polar surface area (TPSA) is 17.1 Å². The molecule has 0 aliphatic carbocycles. The van der Waals surface area contributed by atoms with E-state index in [1.54, 1.807) is 11.3 Å². The molecule has 1 aromatic heterocycles. The van der Waals surface area contributed by atoms with Crippen molar-refractivity contribution in [2.75, 3.05) is 0 Å². The fourth-order valence-corrected chi connectivity index (χ4v) is 1.43. The van der Waals surface area contributed by atoms with Crippen LogP contribution in [-0.4, -0.2) is 13.6 Å². The van der Waals surface area contributed by atoms with Gasteiger partial charge in [-0.3, -0.25) is 4.79 Å². The molecule has 46 valence electrons. The van der Waals surface area contributed by atoms with Crippen LogP contribution in [-0.2, 0) is 0 Å². The zero-order valence-electron chi connectivity index (χ0n) is 5.26. The molecular weight excluding hydrogens is 131 g/mol. The van der Waals surface area contributed by atoms with Gasteiger partial charge in [0.2, 0.25) is 0 Å². The van der Waals surface area contributed by atoms with E-state index < -0.39 is 0 Å². The molecule has 0 atom stereocenters. The monoisotopic (exact) mass is 138 g/mol. The van der Waals surface area contributed by atoms with Gasteiger partial charge in [-0.15, -0.1) is 0 Å². The predicted octanol–water partition coefficient (Wildman–Crippen LogP) is 0.671. The molecule has 0 radical (unpaired) electrons. The van der Waals surface area contributed by atoms with Crippen LogP contribution < -0.4 is 4.78 Å². The lowest BCUT2D eigenvalue weighted by Gasteiger charge is -1.77. The average Bonchev–Trinajstić information content (AvgIpc) is 2.34. The van der Waals surface area contributed by atoms with Gasteiger partial charge in [-0.1, -0.05) is 6.82 Å². The lowest BCUT2D eigenvalue weighted by Crippen LogP contribution is -2.02. The summed E-state index contributed by atoms with van der Waals surface area (Å²) in [5.74, 6) is 0. The second-order valence-electron chi connectivity index (χ2n) is 1.82. The van der Waals surface area contributed by atoms with E-state index in [9.17, 15) is 4.79 Å². The van der Waals surface area contributed by atoms with Crippen molar-refractivity contribution in [1.82, 2.24) is 0 Å². The molecule has 3 heteroatoms. The number of thiophene rings is 1. The lowest BCUT2D eigenvalue weighted by atomic mass is 9.80. The summed E-state index contributed by atoms with van der Waals surface area (Å²) in [7, 11) is 1.03. The van der Waals surface area contributed by atoms with Crippen LogP contribution in [0, 0.1) is 0 Å². The minimum absolute atomic E-state index is 0.803. The van der Waals surface area contributed by atoms with Gasteiger partial charge in [-0.2, -0.15) is 11.3 Å². The summed E-state index contributed by atoms with van der Waals surface area (Å²) in [4.78, 5) is 10.1. The zero-order chi connectivity index (χ0) is 6.69. The van der Waals surface area contributed by atoms with Crippen molar-refractivity contribution in [3.63, 3.8) is 0 Å². The highest BCUT2D eigenvalue weighted by molar-refractivity contribution is 7.20. The minimum Gasteiger partial charge on any atom is -0.298 e. The summed E-state index contributed by atoms with van der Waals surface area (Å²) < 4.78 is 1.28. The first-order chi connectivity index (χ1) is 4.36. The van der Waals surface area contributed by atoms with Crippen LogP contribution in [0.5, 0.6) is 0 Å². The van der Waals surface area contributed by atoms with E-state index in [0.29, 0.717) is 0 Å². The summed E-state index contributed by atoms with van der Waals surface area (Å²) in [5, 5.41) is 1.88. The molecule has 0 fully saturated rings. The van der Waals surface area contributed by atoms with E-state index in [4.69, 9.17) is 0 Å². The largest absolute Gasteiger partial charge is 0.298 e. The highest BCUT2D eigenvalue weighted by Gasteiger charge is 1.94. The third-order valence-corrected chi connectivity index (χ3v) is 2.26. The number of hydrogen-bond acceptors (Lipinski definition) is 2. The van der Waals surface area contributed by atoms with E-state index in [1.807, 2.05) is 11.4 Å². The van der Waals surface area contributed by atoms with Gasteiger partial charge in [0.25, 0.3) is 0 Å². The Balaban J connectivity index is 2.86. The number of carbonyl (C=O) groups is 1. The van der Waals surface area contributed by atoms with Gasteiger partial charge in [0.15, 0.2) is 13.6 Å². The van der Waals surface area contributed by atoms with Gasteiger partial charge >= 0.3 is 0 Å². The molecule has 0 aliphatic rings. The van der Waals surface area contributed by atoms with Crippen molar-refractivity contribution in [1.29, 1.82) is 0 Å². The Kier molecular flexibility index (Phi) is 2.06. The standard InChI is InChI=1S/C6H7BOS/c1-7-6-2-5(3-8)4-9-6/h2-4,7H,1H3. The maximum atomic E-state index is 10.1. The molecule has 1 aromatic rings. The normalized spacial score (nSPS) is 9.00. The minimum atomic E-state index is 0.803. The third-order valence-electron chi connectivity index (χ3n) is 1.16. The Morgan fingerprint density at radius 2 is 2.56 bits per heavy atom. The van der Waals surface area contributed by atoms with E-state index in [-0.39, 0.29) is 0 Å². The molecule has 0 unspecified atom stereocenters. The second-order valence-corrected chi connectivity index (χ2v) is 2.81. The van der Waals surface area contributed by atoms with Crippen molar-refractivity contribution < 1.29 is 4.79 Å². The van der Waals surface area contributed by atoms with Gasteiger partial charge in [-0.25, -0.2) is 0 Å². The van der Waals surface area contributed by atoms with Gasteiger partial charge in [-0.05, 0) is 10.8 Å². The molecule has 1 rings (SSSR count). The van der Waals surface area contributed by atoms with Crippen molar-refractivity contribution >= 4 is 29.7 Å². The molecule has 9 heavy (non-hydrogen) atoms. The molecule has 0 aliphatic heterocycles. The molecule has 0 saturated heterocycles. The second kappa shape index (κ2) is 2.83. The Labute approximate surface area is 59.0 Å². The average molecular weight is 138 g/mol. The Hall–Kier alpha value is -0.565. The number of hydrogen-bond donors (Lipinski definition) is 0. The van der Waals surface area contributed by atoms with E-state index >= 15 is 0 Å². The quantitative estimate of drug-likeness (QED) is 0.433. The molecular formula is C6H7BOS. The van der Waals surface area contributed by atoms with Gasteiger partial charge in [0.1, 0.15) is 0 Å². The maximum absolute atomic E-state index is 10.1. The van der Waals surface area contributed by atoms with E-state index in [2.05, 4.69) is 6.82 Å². The van der Waals surface area contributed by atoms with Crippen LogP contribution in [0.25, 0.3) is 0 Å². The van der Waals surface area contributed by atoms with Crippen LogP contribution in [0.1, 0.15) is 10.4 Å². The maximum Gasteiger partial charge on any atom is 0.167 e. The molecule has 1 nitrogen and oxygen atoms in total. The molecule has 0 aromatic carbocycles. The lowest BCUT2D eigenvalue weighted by molar-refractivity contribution is 0.112. The van der Waals surface area contributed by atoms with Gasteiger partial charge < -0.3 is 0 Å². The summed E-state index contributed by atoms with van der Waals surface area (Å²) in [5.41, 5.74) is 0.803. The number of rotatable bonds is 2. The predicted molar refractivity (Wildman–Crippen MR) is 42.4 cm³/mol. The molecule has 0 spiro atoms. The van der Waals surface area contributed by atoms with Crippen LogP contribution in [0.2, 0.25) is 6.82 Å². The SMILES string of the molecule is CBc1cc(C=O)cs1. The van der Waals surface area contributed by atoms with Gasteiger partial charge in [0.05, 0.1) is 0 Å². The van der Waals surface area contributed by atoms with Crippen molar-refractivity contribution in [2.24, 2.45) is 0 Å². The molecule has 1 heterocycles. The highest BCUT2D eigenvalue weighted by atomic mass is 32.1. The third kappa shape index (κ3) is 1.42. The van der Waals surface area contributed by atoms with Crippen LogP contribution in [0.3, 0.4) is 0 Å². The number of aldehydes is 1. The summed E-state index contributed by atoms with van der Waals surface area (Å²) >= 11 is 1.64. The van der Waals surface area contributed by atoms with Crippen molar-refractivity contribution in [3.05, 3.63) is 17.0 Å². The Bertz CT molecular complexity index is 207. The van der Waals surface area contributed by atoms with Crippen LogP contribution in [0.4, 0.5) is 0 Å². The first kappa shape index (κ1) is 6.55. The first-order valence-corrected chi connectivity index (χ1v) is 3.77. The zero-order valence-corrected chi connectivity index (χ0v) is 6.07. The number of carbonyl (C=O) groups excluding carboxylic acids is 1. The summed E-state index contributed by atoms with van der Waals surface area (Å²) in [6.07, 6.45) is 0.885. The summed E-state index contributed by atoms with van der Waals surface area (Å²) in [6.45, 7) is 2.08. The molecule has 0 saturated carbocycles. The Morgan fingerprint density at radius 3 is 2.89 bits per heavy atom. The smallest absolute Gasteiger partial charge is 0.167 e. The molecule has 0 bridgehead atoms. The summed E-state index contributed by atoms with van der Waals surface area (Å²) in [6, 6.07) is 1.93. The van der Waals surface area contributed by atoms with Gasteiger partial charge in [0, 0.05) is 10.9 Å². The van der Waals surface area contributed by atoms with E-state index in [1.165, 1.54) is 4.78 Å². The fourth-order valence-electron chi connectivity index (χ4n) is 0.645. The highest BCUT2D eigenvalue weighted by Crippen LogP contribution is 1.99. The molecule has 0 amide bonds. The van der Waals surface area contributed by atoms with Crippen LogP contribution in [0.15, 0.2) is 11.4 Å². The van der Waals surface area contributed by atoms with Crippen molar-refractivity contribution in [3.8, 4) is 0 Å². The first-order valence-electron chi connectivity index (χ1n) is 2.89. The van der Waals surface area contributed by atoms with Crippen molar-refractivity contribution in [2.45, 2.75) is 6.82 Å². The van der Waals surface area contributed by atoms with E-state index in [0.717, 1.165) is 19.1 Å². The molecule has 0 N–H and O–H groups in total. The Morgan fingerprint density at radius 1 is 1.78 bits per heavy atom. The fraction of sp³-hybridized carbons (Fsp3) is 0.167.